The molecule has 2 aliphatic rings. The summed E-state index contributed by atoms with van der Waals surface area (Å²) in [5, 5.41) is 0.813. The number of anilines is 1. The minimum atomic E-state index is -0.458. The summed E-state index contributed by atoms with van der Waals surface area (Å²) in [6.45, 7) is 10.2. The van der Waals surface area contributed by atoms with Gasteiger partial charge in [-0.25, -0.2) is 13.8 Å². The van der Waals surface area contributed by atoms with E-state index in [1.54, 1.807) is 4.90 Å². The van der Waals surface area contributed by atoms with Gasteiger partial charge < -0.3 is 24.4 Å². The second-order valence-electron chi connectivity index (χ2n) is 11.0. The number of likely N-dealkylation sites (tertiary alicyclic amines) is 1. The molecule has 2 aliphatic heterocycles. The molecule has 2 aromatic heterocycles. The number of amides is 1. The van der Waals surface area contributed by atoms with E-state index in [2.05, 4.69) is 28.8 Å². The van der Waals surface area contributed by atoms with Crippen LogP contribution < -0.4 is 9.64 Å². The highest BCUT2D eigenvalue weighted by atomic mass is 19.1. The Hall–Kier alpha value is -3.20. The number of nitrogens with one attached hydrogen (secondary N) is 1. The van der Waals surface area contributed by atoms with Crippen molar-refractivity contribution in [2.24, 2.45) is 5.92 Å². The zero-order valence-electron chi connectivity index (χ0n) is 22.9. The Morgan fingerprint density at radius 1 is 1.16 bits per heavy atom. The third kappa shape index (κ3) is 4.72. The lowest BCUT2D eigenvalue weighted by atomic mass is 9.83. The number of hydrogen-bond acceptors (Lipinski definition) is 5. The number of pyridine rings is 1. The van der Waals surface area contributed by atoms with Crippen molar-refractivity contribution in [2.45, 2.75) is 39.0 Å². The molecule has 0 bridgehead atoms. The molecule has 1 amide bonds. The lowest BCUT2D eigenvalue weighted by Gasteiger charge is -2.35. The molecular weight excluding hydrogens is 488 g/mol. The fraction of sp³-hybridized carbons (Fsp3) is 0.517. The van der Waals surface area contributed by atoms with Gasteiger partial charge in [0, 0.05) is 56.6 Å². The highest BCUT2D eigenvalue weighted by molar-refractivity contribution is 5.99. The van der Waals surface area contributed by atoms with Crippen LogP contribution >= 0.6 is 0 Å². The molecule has 204 valence electrons. The normalized spacial score (nSPS) is 20.6. The number of carbonyl (C=O) groups excluding carboxylic acids is 1. The molecule has 0 saturated carbocycles. The summed E-state index contributed by atoms with van der Waals surface area (Å²) in [7, 11) is 3.62. The number of benzene rings is 1. The highest BCUT2D eigenvalue weighted by Crippen LogP contribution is 2.40. The van der Waals surface area contributed by atoms with Gasteiger partial charge in [0.15, 0.2) is 17.4 Å². The van der Waals surface area contributed by atoms with Crippen LogP contribution in [0.1, 0.15) is 60.6 Å². The average molecular weight is 526 g/mol. The van der Waals surface area contributed by atoms with E-state index in [0.29, 0.717) is 66.4 Å². The molecule has 2 saturated heterocycles. The first-order chi connectivity index (χ1) is 18.2. The van der Waals surface area contributed by atoms with Crippen LogP contribution in [-0.4, -0.2) is 79.1 Å². The minimum absolute atomic E-state index is 0.0324. The van der Waals surface area contributed by atoms with Crippen molar-refractivity contribution in [3.8, 4) is 5.75 Å². The van der Waals surface area contributed by atoms with Gasteiger partial charge in [-0.2, -0.15) is 0 Å². The number of halogens is 2. The number of ether oxygens (including phenoxy) is 1. The number of H-pyrrole nitrogens is 1. The van der Waals surface area contributed by atoms with Crippen LogP contribution in [0.15, 0.2) is 24.4 Å². The third-order valence-electron chi connectivity index (χ3n) is 8.20. The monoisotopic (exact) mass is 525 g/mol. The topological polar surface area (TPSA) is 64.7 Å². The van der Waals surface area contributed by atoms with E-state index in [1.165, 1.54) is 19.4 Å². The summed E-state index contributed by atoms with van der Waals surface area (Å²) in [5.74, 6) is 0.881. The second kappa shape index (κ2) is 10.5. The quantitative estimate of drug-likeness (QED) is 0.491. The first-order valence-corrected chi connectivity index (χ1v) is 13.5. The van der Waals surface area contributed by atoms with Crippen LogP contribution in [-0.2, 0) is 0 Å². The molecule has 38 heavy (non-hydrogen) atoms. The number of likely N-dealkylation sites (N-methyl/N-ethyl adjacent to an activating group) is 1. The molecule has 1 aromatic carbocycles. The number of fused-ring (bicyclic) bond motifs is 1. The maximum absolute atomic E-state index is 15.7. The molecular formula is C29H37F2N5O2. The van der Waals surface area contributed by atoms with E-state index < -0.39 is 5.82 Å². The van der Waals surface area contributed by atoms with Crippen LogP contribution in [0.5, 0.6) is 5.75 Å². The van der Waals surface area contributed by atoms with Crippen molar-refractivity contribution in [3.63, 3.8) is 0 Å². The Morgan fingerprint density at radius 2 is 1.89 bits per heavy atom. The molecule has 0 aliphatic carbocycles. The first kappa shape index (κ1) is 26.4. The van der Waals surface area contributed by atoms with Gasteiger partial charge in [0.2, 0.25) is 0 Å². The van der Waals surface area contributed by atoms with Gasteiger partial charge in [0.1, 0.15) is 11.5 Å². The standard InChI is InChI=1S/C29H37F2N5O2/c1-6-18-15-34(4)16-23(18)21-12-20(17(2)3)26(31)27-22(21)13-24(33-27)29(37)36-9-7-35(8-10-36)28-25(38-5)11-19(30)14-32-28/h11-14,17-18,23,33H,6-10,15-16H2,1-5H3/t18-,23?/m1/s1. The summed E-state index contributed by atoms with van der Waals surface area (Å²) in [4.78, 5) is 27.0. The van der Waals surface area contributed by atoms with E-state index in [9.17, 15) is 9.18 Å². The zero-order valence-corrected chi connectivity index (χ0v) is 22.9. The predicted molar refractivity (Wildman–Crippen MR) is 145 cm³/mol. The lowest BCUT2D eigenvalue weighted by Crippen LogP contribution is -2.49. The van der Waals surface area contributed by atoms with E-state index >= 15 is 4.39 Å². The molecule has 3 aromatic rings. The maximum Gasteiger partial charge on any atom is 0.270 e. The number of rotatable bonds is 6. The van der Waals surface area contributed by atoms with Crippen molar-refractivity contribution >= 4 is 22.6 Å². The van der Waals surface area contributed by atoms with Crippen LogP contribution in [0.4, 0.5) is 14.6 Å². The molecule has 2 fully saturated rings. The molecule has 0 radical (unpaired) electrons. The van der Waals surface area contributed by atoms with Gasteiger partial charge in [0.05, 0.1) is 18.8 Å². The maximum atomic E-state index is 15.7. The van der Waals surface area contributed by atoms with Crippen LogP contribution in [0.3, 0.4) is 0 Å². The zero-order chi connectivity index (χ0) is 27.1. The Balaban J connectivity index is 1.43. The molecule has 4 heterocycles. The summed E-state index contributed by atoms with van der Waals surface area (Å²) < 4.78 is 34.6. The average Bonchev–Trinajstić information content (AvgIpc) is 3.52. The van der Waals surface area contributed by atoms with Crippen molar-refractivity contribution in [1.82, 2.24) is 19.8 Å². The van der Waals surface area contributed by atoms with E-state index in [4.69, 9.17) is 4.74 Å². The van der Waals surface area contributed by atoms with Gasteiger partial charge in [-0.3, -0.25) is 4.79 Å². The number of piperazine rings is 1. The molecule has 1 N–H and O–H groups in total. The van der Waals surface area contributed by atoms with Gasteiger partial charge in [-0.15, -0.1) is 0 Å². The smallest absolute Gasteiger partial charge is 0.270 e. The first-order valence-electron chi connectivity index (χ1n) is 13.5. The van der Waals surface area contributed by atoms with Gasteiger partial charge >= 0.3 is 0 Å². The fourth-order valence-electron chi connectivity index (χ4n) is 6.10. The Morgan fingerprint density at radius 3 is 2.55 bits per heavy atom. The van der Waals surface area contributed by atoms with Gasteiger partial charge in [-0.05, 0) is 36.1 Å². The van der Waals surface area contributed by atoms with Crippen molar-refractivity contribution in [1.29, 1.82) is 0 Å². The summed E-state index contributed by atoms with van der Waals surface area (Å²) >= 11 is 0. The van der Waals surface area contributed by atoms with Crippen molar-refractivity contribution in [2.75, 3.05) is 58.3 Å². The Bertz CT molecular complexity index is 1330. The number of methoxy groups -OCH3 is 1. The molecule has 2 atom stereocenters. The largest absolute Gasteiger partial charge is 0.493 e. The van der Waals surface area contributed by atoms with Crippen molar-refractivity contribution < 1.29 is 18.3 Å². The SMILES string of the molecule is CC[C@@H]1CN(C)CC1c1cc(C(C)C)c(F)c2[nH]c(C(=O)N3CCN(c4ncc(F)cc4OC)CC3)cc12. The summed E-state index contributed by atoms with van der Waals surface area (Å²) in [6.07, 6.45) is 2.22. The lowest BCUT2D eigenvalue weighted by molar-refractivity contribution is 0.0741. The van der Waals surface area contributed by atoms with Crippen LogP contribution in [0.2, 0.25) is 0 Å². The van der Waals surface area contributed by atoms with E-state index in [0.717, 1.165) is 30.5 Å². The summed E-state index contributed by atoms with van der Waals surface area (Å²) in [5.41, 5.74) is 2.66. The number of hydrogen-bond donors (Lipinski definition) is 1. The minimum Gasteiger partial charge on any atom is -0.493 e. The molecule has 9 heteroatoms. The third-order valence-corrected chi connectivity index (χ3v) is 8.20. The Labute approximate surface area is 222 Å². The van der Waals surface area contributed by atoms with E-state index in [1.807, 2.05) is 30.9 Å². The fourth-order valence-corrected chi connectivity index (χ4v) is 6.10. The molecule has 0 spiro atoms. The number of aromatic nitrogens is 2. The van der Waals surface area contributed by atoms with E-state index in [-0.39, 0.29) is 17.6 Å². The molecule has 1 unspecified atom stereocenters. The Kier molecular flexibility index (Phi) is 7.31. The number of carbonyl (C=O) groups is 1. The predicted octanol–water partition coefficient (Wildman–Crippen LogP) is 4.99. The van der Waals surface area contributed by atoms with Crippen LogP contribution in [0.25, 0.3) is 10.9 Å². The molecule has 7 nitrogen and oxygen atoms in total. The van der Waals surface area contributed by atoms with Gasteiger partial charge in [0.25, 0.3) is 5.91 Å². The van der Waals surface area contributed by atoms with Gasteiger partial charge in [-0.1, -0.05) is 33.3 Å². The second-order valence-corrected chi connectivity index (χ2v) is 11.0. The number of nitrogens with zero attached hydrogens (tertiary/aromatic N) is 4. The summed E-state index contributed by atoms with van der Waals surface area (Å²) in [6, 6.07) is 5.20. The molecule has 5 rings (SSSR count). The van der Waals surface area contributed by atoms with Crippen LogP contribution in [0, 0.1) is 17.6 Å². The van der Waals surface area contributed by atoms with Crippen molar-refractivity contribution in [3.05, 3.63) is 52.9 Å². The highest BCUT2D eigenvalue weighted by Gasteiger charge is 2.34. The number of aromatic amines is 1.